The molecule has 1 atom stereocenters. The summed E-state index contributed by atoms with van der Waals surface area (Å²) in [5.41, 5.74) is 1.15. The van der Waals surface area contributed by atoms with E-state index < -0.39 is 21.1 Å². The van der Waals surface area contributed by atoms with Gasteiger partial charge in [-0.05, 0) is 37.1 Å². The molecule has 0 amide bonds. The fraction of sp³-hybridized carbons (Fsp3) is 0.478. The van der Waals surface area contributed by atoms with Crippen molar-refractivity contribution < 1.29 is 27.9 Å². The van der Waals surface area contributed by atoms with E-state index in [1.54, 1.807) is 17.0 Å². The quantitative estimate of drug-likeness (QED) is 0.483. The van der Waals surface area contributed by atoms with Crippen molar-refractivity contribution in [2.45, 2.75) is 43.2 Å². The maximum Gasteiger partial charge on any atom is 0.293 e. The Morgan fingerprint density at radius 2 is 1.68 bits per heavy atom. The third-order valence-corrected chi connectivity index (χ3v) is 8.37. The van der Waals surface area contributed by atoms with Crippen molar-refractivity contribution in [2.75, 3.05) is 38.8 Å². The Kier molecular flexibility index (Phi) is 6.96. The molecule has 2 aromatic carbocycles. The second kappa shape index (κ2) is 9.77. The number of anilines is 1. The van der Waals surface area contributed by atoms with Crippen LogP contribution >= 0.6 is 0 Å². The largest absolute Gasteiger partial charge is 0.496 e. The maximum atomic E-state index is 13.2. The zero-order valence-corrected chi connectivity index (χ0v) is 20.1. The summed E-state index contributed by atoms with van der Waals surface area (Å²) in [7, 11) is -0.822. The maximum absolute atomic E-state index is 13.2. The molecule has 0 bridgehead atoms. The number of aliphatic hydroxyl groups is 1. The molecule has 2 aromatic rings. The highest BCUT2D eigenvalue weighted by Crippen LogP contribution is 2.43. The number of sulfonamides is 1. The third-order valence-electron chi connectivity index (χ3n) is 6.48. The Bertz CT molecular complexity index is 1180. The van der Waals surface area contributed by atoms with Gasteiger partial charge in [0.25, 0.3) is 5.69 Å². The first kappa shape index (κ1) is 24.2. The van der Waals surface area contributed by atoms with Crippen molar-refractivity contribution in [3.8, 4) is 11.5 Å². The lowest BCUT2D eigenvalue weighted by molar-refractivity contribution is -0.384. The number of benzene rings is 2. The molecule has 0 spiro atoms. The summed E-state index contributed by atoms with van der Waals surface area (Å²) in [6, 6.07) is 7.42. The molecule has 0 aliphatic carbocycles. The van der Waals surface area contributed by atoms with Crippen molar-refractivity contribution in [3.05, 3.63) is 51.6 Å². The van der Waals surface area contributed by atoms with Crippen LogP contribution in [0.1, 0.15) is 42.9 Å². The molecular weight excluding hydrogens is 462 g/mol. The van der Waals surface area contributed by atoms with E-state index in [-0.39, 0.29) is 29.4 Å². The molecule has 184 valence electrons. The molecule has 2 aliphatic heterocycles. The molecule has 0 aromatic heterocycles. The Hall–Kier alpha value is -2.89. The molecule has 2 heterocycles. The lowest BCUT2D eigenvalue weighted by Gasteiger charge is -2.35. The highest BCUT2D eigenvalue weighted by molar-refractivity contribution is 7.89. The second-order valence-electron chi connectivity index (χ2n) is 8.48. The van der Waals surface area contributed by atoms with Gasteiger partial charge in [0.15, 0.2) is 0 Å². The second-order valence-corrected chi connectivity index (χ2v) is 10.4. The van der Waals surface area contributed by atoms with E-state index in [4.69, 9.17) is 9.47 Å². The van der Waals surface area contributed by atoms with Crippen LogP contribution in [-0.4, -0.2) is 56.6 Å². The summed E-state index contributed by atoms with van der Waals surface area (Å²) < 4.78 is 38.6. The minimum absolute atomic E-state index is 0.0790. The highest BCUT2D eigenvalue weighted by atomic mass is 32.2. The van der Waals surface area contributed by atoms with E-state index in [1.807, 2.05) is 0 Å². The van der Waals surface area contributed by atoms with Crippen molar-refractivity contribution in [2.24, 2.45) is 0 Å². The molecule has 34 heavy (non-hydrogen) atoms. The van der Waals surface area contributed by atoms with Gasteiger partial charge in [0.1, 0.15) is 23.3 Å². The van der Waals surface area contributed by atoms with Crippen LogP contribution in [0.25, 0.3) is 0 Å². The normalized spacial score (nSPS) is 19.3. The van der Waals surface area contributed by atoms with Gasteiger partial charge in [0.05, 0.1) is 24.0 Å². The van der Waals surface area contributed by atoms with Gasteiger partial charge in [-0.25, -0.2) is 8.42 Å². The predicted octanol–water partition coefficient (Wildman–Crippen LogP) is 3.23. The molecule has 1 unspecified atom stereocenters. The monoisotopic (exact) mass is 491 g/mol. The number of rotatable bonds is 6. The standard InChI is InChI=1S/C23H29N3O7S/c1-32-21-9-10-22(33-2)23-17(21)14-24(15-20(23)27)18-8-7-16(13-19(18)26(28)29)34(30,31)25-11-5-3-4-6-12-25/h7-10,13,20,27H,3-6,11-12,14-15H2,1-2H3. The van der Waals surface area contributed by atoms with Crippen molar-refractivity contribution in [3.63, 3.8) is 0 Å². The number of hydrogen-bond donors (Lipinski definition) is 1. The van der Waals surface area contributed by atoms with Gasteiger partial charge in [-0.2, -0.15) is 4.31 Å². The van der Waals surface area contributed by atoms with Crippen LogP contribution in [0.5, 0.6) is 11.5 Å². The van der Waals surface area contributed by atoms with Crippen LogP contribution in [0.15, 0.2) is 35.2 Å². The van der Waals surface area contributed by atoms with E-state index in [0.717, 1.165) is 31.7 Å². The highest BCUT2D eigenvalue weighted by Gasteiger charge is 2.34. The van der Waals surface area contributed by atoms with Gasteiger partial charge >= 0.3 is 0 Å². The molecule has 0 radical (unpaired) electrons. The van der Waals surface area contributed by atoms with E-state index in [0.29, 0.717) is 35.7 Å². The Morgan fingerprint density at radius 3 is 2.29 bits per heavy atom. The van der Waals surface area contributed by atoms with Crippen molar-refractivity contribution in [1.82, 2.24) is 4.31 Å². The van der Waals surface area contributed by atoms with E-state index in [1.165, 1.54) is 30.7 Å². The van der Waals surface area contributed by atoms with Crippen LogP contribution in [0.2, 0.25) is 0 Å². The number of aliphatic hydroxyl groups excluding tert-OH is 1. The predicted molar refractivity (Wildman–Crippen MR) is 126 cm³/mol. The molecular formula is C23H29N3O7S. The Balaban J connectivity index is 1.73. The Morgan fingerprint density at radius 1 is 1.03 bits per heavy atom. The van der Waals surface area contributed by atoms with Gasteiger partial charge in [-0.15, -0.1) is 0 Å². The summed E-state index contributed by atoms with van der Waals surface area (Å²) in [6.45, 7) is 1.13. The topological polar surface area (TPSA) is 122 Å². The summed E-state index contributed by atoms with van der Waals surface area (Å²) >= 11 is 0. The molecule has 1 fully saturated rings. The smallest absolute Gasteiger partial charge is 0.293 e. The summed E-state index contributed by atoms with van der Waals surface area (Å²) in [5.74, 6) is 1.04. The summed E-state index contributed by atoms with van der Waals surface area (Å²) in [6.07, 6.45) is 2.51. The van der Waals surface area contributed by atoms with Crippen LogP contribution in [0.3, 0.4) is 0 Å². The first-order valence-corrected chi connectivity index (χ1v) is 12.7. The average Bonchev–Trinajstić information content (AvgIpc) is 3.13. The Labute approximate surface area is 198 Å². The van der Waals surface area contributed by atoms with Gasteiger partial charge < -0.3 is 19.5 Å². The van der Waals surface area contributed by atoms with Crippen LogP contribution in [-0.2, 0) is 16.6 Å². The number of methoxy groups -OCH3 is 2. The number of ether oxygens (including phenoxy) is 2. The molecule has 2 aliphatic rings. The van der Waals surface area contributed by atoms with E-state index >= 15 is 0 Å². The van der Waals surface area contributed by atoms with Gasteiger partial charge in [0.2, 0.25) is 10.0 Å². The number of fused-ring (bicyclic) bond motifs is 1. The van der Waals surface area contributed by atoms with Crippen molar-refractivity contribution >= 4 is 21.4 Å². The lowest BCUT2D eigenvalue weighted by atomic mass is 9.94. The number of nitro groups is 1. The number of nitrogens with zero attached hydrogens (tertiary/aromatic N) is 3. The van der Waals surface area contributed by atoms with Gasteiger partial charge in [-0.1, -0.05) is 12.8 Å². The minimum atomic E-state index is -3.84. The zero-order valence-electron chi connectivity index (χ0n) is 19.3. The van der Waals surface area contributed by atoms with E-state index in [9.17, 15) is 23.6 Å². The van der Waals surface area contributed by atoms with Gasteiger partial charge in [0, 0.05) is 43.4 Å². The first-order chi connectivity index (χ1) is 16.3. The molecule has 1 saturated heterocycles. The number of hydrogen-bond acceptors (Lipinski definition) is 8. The lowest BCUT2D eigenvalue weighted by Crippen LogP contribution is -2.35. The summed E-state index contributed by atoms with van der Waals surface area (Å²) in [5, 5.41) is 22.9. The fourth-order valence-corrected chi connectivity index (χ4v) is 6.31. The average molecular weight is 492 g/mol. The third kappa shape index (κ3) is 4.42. The minimum Gasteiger partial charge on any atom is -0.496 e. The molecule has 1 N–H and O–H groups in total. The van der Waals surface area contributed by atoms with Crippen molar-refractivity contribution in [1.29, 1.82) is 0 Å². The van der Waals surface area contributed by atoms with Crippen LogP contribution in [0, 0.1) is 10.1 Å². The number of nitro benzene ring substituents is 1. The van der Waals surface area contributed by atoms with E-state index in [2.05, 4.69) is 0 Å². The van der Waals surface area contributed by atoms with Gasteiger partial charge in [-0.3, -0.25) is 10.1 Å². The molecule has 0 saturated carbocycles. The van der Waals surface area contributed by atoms with Crippen LogP contribution < -0.4 is 14.4 Å². The molecule has 11 heteroatoms. The summed E-state index contributed by atoms with van der Waals surface area (Å²) in [4.78, 5) is 13.0. The first-order valence-electron chi connectivity index (χ1n) is 11.2. The molecule has 4 rings (SSSR count). The number of β-amino-alcohol motifs (C(OH)–C–C–N with tert-alkyl or cyclic N) is 1. The molecule has 10 nitrogen and oxygen atoms in total. The fourth-order valence-electron chi connectivity index (χ4n) is 4.77. The SMILES string of the molecule is COc1ccc(OC)c2c1CN(c1ccc(S(=O)(=O)N3CCCCCC3)cc1[N+](=O)[O-])CC2O. The van der Waals surface area contributed by atoms with Crippen LogP contribution in [0.4, 0.5) is 11.4 Å². The zero-order chi connectivity index (χ0) is 24.5.